The molecule has 2 N–H and O–H groups in total. The number of fused-ring (bicyclic) bond motifs is 1. The summed E-state index contributed by atoms with van der Waals surface area (Å²) in [5.41, 5.74) is 6.32. The first-order chi connectivity index (χ1) is 11.3. The minimum atomic E-state index is -0.510. The molecule has 2 aromatic heterocycles. The molecule has 7 nitrogen and oxygen atoms in total. The van der Waals surface area contributed by atoms with E-state index in [9.17, 15) is 4.79 Å². The Bertz CT molecular complexity index is 768. The Kier molecular flexibility index (Phi) is 4.69. The number of halogens is 1. The first-order valence-electron chi connectivity index (χ1n) is 8.01. The summed E-state index contributed by atoms with van der Waals surface area (Å²) in [5, 5.41) is 2.66. The number of nitrogens with zero attached hydrogens (tertiary/aromatic N) is 4. The predicted molar refractivity (Wildman–Crippen MR) is 100 cm³/mol. The summed E-state index contributed by atoms with van der Waals surface area (Å²) in [7, 11) is 0. The van der Waals surface area contributed by atoms with Gasteiger partial charge in [-0.2, -0.15) is 0 Å². The van der Waals surface area contributed by atoms with Crippen LogP contribution in [0.25, 0.3) is 11.0 Å². The molecule has 0 saturated carbocycles. The van der Waals surface area contributed by atoms with Gasteiger partial charge in [0.15, 0.2) is 0 Å². The maximum Gasteiger partial charge on any atom is 0.330 e. The lowest BCUT2D eigenvalue weighted by Crippen LogP contribution is -2.40. The Morgan fingerprint density at radius 3 is 2.88 bits per heavy atom. The van der Waals surface area contributed by atoms with Crippen LogP contribution in [0.15, 0.2) is 12.5 Å². The van der Waals surface area contributed by atoms with E-state index in [2.05, 4.69) is 43.3 Å². The maximum absolute atomic E-state index is 12.1. The minimum absolute atomic E-state index is 0.187. The number of rotatable bonds is 2. The Balaban J connectivity index is 1.83. The summed E-state index contributed by atoms with van der Waals surface area (Å²) in [5.74, 6) is 0.289. The van der Waals surface area contributed by atoms with Gasteiger partial charge in [-0.3, -0.25) is 0 Å². The molecule has 2 aromatic rings. The number of hydrogen-bond acceptors (Lipinski definition) is 6. The number of aromatic nitrogens is 3. The number of hydroxylamine groups is 2. The normalized spacial score (nSPS) is 19.6. The van der Waals surface area contributed by atoms with E-state index in [0.717, 1.165) is 34.0 Å². The van der Waals surface area contributed by atoms with Crippen molar-refractivity contribution in [3.8, 4) is 0 Å². The van der Waals surface area contributed by atoms with E-state index < -0.39 is 5.41 Å². The van der Waals surface area contributed by atoms with Gasteiger partial charge < -0.3 is 15.1 Å². The number of hydrogen-bond donors (Lipinski definition) is 1. The van der Waals surface area contributed by atoms with Crippen molar-refractivity contribution in [2.24, 2.45) is 5.41 Å². The fourth-order valence-electron chi connectivity index (χ4n) is 2.83. The Hall–Kier alpha value is -1.42. The summed E-state index contributed by atoms with van der Waals surface area (Å²) in [6.45, 7) is 6.98. The van der Waals surface area contributed by atoms with Gasteiger partial charge in [0.05, 0.1) is 23.4 Å². The zero-order chi connectivity index (χ0) is 17.5. The second kappa shape index (κ2) is 6.47. The number of nitrogen functional groups attached to an aromatic ring is 1. The third-order valence-electron chi connectivity index (χ3n) is 4.17. The number of carbonyl (C=O) groups is 1. The van der Waals surface area contributed by atoms with E-state index in [4.69, 9.17) is 10.6 Å². The lowest BCUT2D eigenvalue weighted by atomic mass is 9.98. The van der Waals surface area contributed by atoms with Gasteiger partial charge in [-0.25, -0.2) is 14.8 Å². The number of piperidine rings is 1. The number of nitrogens with two attached hydrogens (primary N) is 1. The van der Waals surface area contributed by atoms with E-state index in [-0.39, 0.29) is 12.0 Å². The van der Waals surface area contributed by atoms with E-state index >= 15 is 0 Å². The van der Waals surface area contributed by atoms with Gasteiger partial charge in [0, 0.05) is 16.3 Å². The molecule has 24 heavy (non-hydrogen) atoms. The van der Waals surface area contributed by atoms with Crippen molar-refractivity contribution < 1.29 is 9.63 Å². The van der Waals surface area contributed by atoms with Crippen LogP contribution in [0.5, 0.6) is 0 Å². The van der Waals surface area contributed by atoms with Crippen molar-refractivity contribution in [2.75, 3.05) is 18.8 Å². The standard InChI is InChI=1S/C16H22IN5O2/c1-16(2,3)15(23)24-21-6-4-5-10(7-21)22-8-11(17)12-13(18)19-9-20-14(12)22/h8-10H,4-7H2,1-3H3,(H2,18,19,20)/t10-/m1/s1. The summed E-state index contributed by atoms with van der Waals surface area (Å²) in [6.07, 6.45) is 5.51. The van der Waals surface area contributed by atoms with Gasteiger partial charge >= 0.3 is 5.97 Å². The lowest BCUT2D eigenvalue weighted by molar-refractivity contribution is -0.206. The molecule has 0 bridgehead atoms. The first kappa shape index (κ1) is 17.4. The second-order valence-corrected chi connectivity index (χ2v) is 8.32. The van der Waals surface area contributed by atoms with Crippen molar-refractivity contribution >= 4 is 45.4 Å². The zero-order valence-corrected chi connectivity index (χ0v) is 16.3. The monoisotopic (exact) mass is 443 g/mol. The van der Waals surface area contributed by atoms with E-state index in [1.165, 1.54) is 6.33 Å². The molecular formula is C16H22IN5O2. The van der Waals surface area contributed by atoms with Crippen LogP contribution in [-0.2, 0) is 9.63 Å². The van der Waals surface area contributed by atoms with Gasteiger partial charge in [0.2, 0.25) is 0 Å². The molecule has 130 valence electrons. The Morgan fingerprint density at radius 1 is 1.42 bits per heavy atom. The third-order valence-corrected chi connectivity index (χ3v) is 4.99. The van der Waals surface area contributed by atoms with Crippen molar-refractivity contribution in [1.29, 1.82) is 0 Å². The van der Waals surface area contributed by atoms with E-state index in [1.807, 2.05) is 20.8 Å². The highest BCUT2D eigenvalue weighted by Crippen LogP contribution is 2.31. The van der Waals surface area contributed by atoms with Crippen LogP contribution in [-0.4, -0.2) is 38.7 Å². The van der Waals surface area contributed by atoms with Crippen LogP contribution < -0.4 is 5.73 Å². The highest BCUT2D eigenvalue weighted by molar-refractivity contribution is 14.1. The number of carbonyl (C=O) groups excluding carboxylic acids is 1. The first-order valence-corrected chi connectivity index (χ1v) is 9.09. The molecule has 1 atom stereocenters. The van der Waals surface area contributed by atoms with Gasteiger partial charge in [-0.15, -0.1) is 5.06 Å². The van der Waals surface area contributed by atoms with E-state index in [0.29, 0.717) is 12.4 Å². The largest absolute Gasteiger partial charge is 0.383 e. The summed E-state index contributed by atoms with van der Waals surface area (Å²) < 4.78 is 3.16. The highest BCUT2D eigenvalue weighted by Gasteiger charge is 2.30. The molecule has 0 aliphatic carbocycles. The molecule has 1 saturated heterocycles. The van der Waals surface area contributed by atoms with Crippen LogP contribution in [0.2, 0.25) is 0 Å². The molecule has 3 heterocycles. The average Bonchev–Trinajstić information content (AvgIpc) is 2.85. The molecule has 1 aliphatic rings. The quantitative estimate of drug-likeness (QED) is 0.719. The fraction of sp³-hybridized carbons (Fsp3) is 0.562. The molecule has 1 aliphatic heterocycles. The molecule has 0 spiro atoms. The molecule has 0 radical (unpaired) electrons. The van der Waals surface area contributed by atoms with Crippen LogP contribution in [0, 0.1) is 8.99 Å². The van der Waals surface area contributed by atoms with Gasteiger partial charge in [-0.05, 0) is 56.2 Å². The SMILES string of the molecule is CC(C)(C)C(=O)ON1CCC[C@@H](n2cc(I)c3c(N)ncnc32)C1. The van der Waals surface area contributed by atoms with Gasteiger partial charge in [-0.1, -0.05) is 0 Å². The van der Waals surface area contributed by atoms with Crippen molar-refractivity contribution in [3.05, 3.63) is 16.1 Å². The maximum atomic E-state index is 12.1. The summed E-state index contributed by atoms with van der Waals surface area (Å²) in [6, 6.07) is 0.187. The average molecular weight is 443 g/mol. The smallest absolute Gasteiger partial charge is 0.330 e. The van der Waals surface area contributed by atoms with Crippen LogP contribution in [0.3, 0.4) is 0 Å². The third kappa shape index (κ3) is 3.34. The van der Waals surface area contributed by atoms with E-state index in [1.54, 1.807) is 5.06 Å². The minimum Gasteiger partial charge on any atom is -0.383 e. The lowest BCUT2D eigenvalue weighted by Gasteiger charge is -2.33. The Morgan fingerprint density at radius 2 is 2.17 bits per heavy atom. The molecule has 8 heteroatoms. The Labute approximate surface area is 154 Å². The molecule has 0 aromatic carbocycles. The molecule has 3 rings (SSSR count). The van der Waals surface area contributed by atoms with Gasteiger partial charge in [0.25, 0.3) is 0 Å². The molecule has 0 amide bonds. The zero-order valence-electron chi connectivity index (χ0n) is 14.1. The fourth-order valence-corrected chi connectivity index (χ4v) is 3.64. The summed E-state index contributed by atoms with van der Waals surface area (Å²) in [4.78, 5) is 26.2. The van der Waals surface area contributed by atoms with Gasteiger partial charge in [0.1, 0.15) is 17.8 Å². The van der Waals surface area contributed by atoms with Crippen LogP contribution >= 0.6 is 22.6 Å². The van der Waals surface area contributed by atoms with Crippen molar-refractivity contribution in [2.45, 2.75) is 39.7 Å². The second-order valence-electron chi connectivity index (χ2n) is 7.15. The predicted octanol–water partition coefficient (Wildman–Crippen LogP) is 2.76. The van der Waals surface area contributed by atoms with Crippen molar-refractivity contribution in [1.82, 2.24) is 19.6 Å². The molecule has 0 unspecified atom stereocenters. The molecule has 1 fully saturated rings. The topological polar surface area (TPSA) is 86.3 Å². The van der Waals surface area contributed by atoms with Crippen LogP contribution in [0.4, 0.5) is 5.82 Å². The van der Waals surface area contributed by atoms with Crippen LogP contribution in [0.1, 0.15) is 39.7 Å². The number of anilines is 1. The summed E-state index contributed by atoms with van der Waals surface area (Å²) >= 11 is 2.26. The van der Waals surface area contributed by atoms with Crippen molar-refractivity contribution in [3.63, 3.8) is 0 Å². The molecular weight excluding hydrogens is 421 g/mol. The highest BCUT2D eigenvalue weighted by atomic mass is 127.